The first kappa shape index (κ1) is 45.1. The molecular formula is C61H70. The third-order valence-electron chi connectivity index (χ3n) is 12.6. The zero-order valence-corrected chi connectivity index (χ0v) is 39.1. The average Bonchev–Trinajstić information content (AvgIpc) is 3.57. The molecule has 0 aromatic heterocycles. The molecule has 0 aliphatic heterocycles. The summed E-state index contributed by atoms with van der Waals surface area (Å²) in [5.41, 5.74) is 19.1. The van der Waals surface area contributed by atoms with Gasteiger partial charge in [-0.15, -0.1) is 0 Å². The van der Waals surface area contributed by atoms with Crippen LogP contribution in [0.3, 0.4) is 0 Å². The van der Waals surface area contributed by atoms with Crippen molar-refractivity contribution in [1.29, 1.82) is 0 Å². The third-order valence-corrected chi connectivity index (χ3v) is 12.6. The molecule has 61 heavy (non-hydrogen) atoms. The molecule has 0 radical (unpaired) electrons. The Morgan fingerprint density at radius 3 is 1.02 bits per heavy atom. The van der Waals surface area contributed by atoms with Crippen LogP contribution in [0.1, 0.15) is 174 Å². The van der Waals surface area contributed by atoms with Crippen LogP contribution < -0.4 is 0 Å². The van der Waals surface area contributed by atoms with E-state index in [2.05, 4.69) is 253 Å². The second-order valence-electron chi connectivity index (χ2n) is 18.8. The van der Waals surface area contributed by atoms with Gasteiger partial charge in [0.05, 0.1) is 5.41 Å². The minimum Gasteiger partial charge on any atom is -0.0622 e. The van der Waals surface area contributed by atoms with Gasteiger partial charge in [-0.3, -0.25) is 0 Å². The highest BCUT2D eigenvalue weighted by atomic mass is 14.5. The number of hydrogen-bond acceptors (Lipinski definition) is 0. The summed E-state index contributed by atoms with van der Waals surface area (Å²) in [7, 11) is 0. The highest BCUT2D eigenvalue weighted by molar-refractivity contribution is 5.88. The largest absolute Gasteiger partial charge is 0.0713 e. The van der Waals surface area contributed by atoms with Crippen LogP contribution in [0.5, 0.6) is 0 Å². The van der Waals surface area contributed by atoms with Crippen molar-refractivity contribution >= 4 is 0 Å². The van der Waals surface area contributed by atoms with Gasteiger partial charge in [-0.2, -0.15) is 0 Å². The van der Waals surface area contributed by atoms with Crippen LogP contribution in [0.25, 0.3) is 22.3 Å². The summed E-state index contributed by atoms with van der Waals surface area (Å²) in [6.45, 7) is 27.2. The highest BCUT2D eigenvalue weighted by Crippen LogP contribution is 2.56. The maximum absolute atomic E-state index is 2.46. The molecule has 0 amide bonds. The number of hydrogen-bond donors (Lipinski definition) is 0. The van der Waals surface area contributed by atoms with Crippen molar-refractivity contribution in [2.24, 2.45) is 0 Å². The standard InChI is InChI=1S/C37H34.2C12H18/c1-25(2)31-21-19-27(23-34(31)26(3)4)28-20-22-33-32-17-11-12-18-35(32)37(36(33)24-28,29-13-7-5-8-14-29)30-15-9-6-10-16-30;2*1-9(2)11-7-5-6-8-12(11)10(3)4/h5-26H,1-4H3;2*5-10H,1-4H3. The van der Waals surface area contributed by atoms with Gasteiger partial charge < -0.3 is 0 Å². The summed E-state index contributed by atoms with van der Waals surface area (Å²) in [6, 6.07) is 62.7. The Hall–Kier alpha value is -5.46. The fraction of sp³-hybridized carbons (Fsp3) is 0.311. The summed E-state index contributed by atoms with van der Waals surface area (Å²) in [5, 5.41) is 0. The molecule has 0 saturated carbocycles. The molecule has 0 saturated heterocycles. The zero-order chi connectivity index (χ0) is 43.8. The Morgan fingerprint density at radius 2 is 0.590 bits per heavy atom. The van der Waals surface area contributed by atoms with E-state index in [-0.39, 0.29) is 5.41 Å². The first-order valence-electron chi connectivity index (χ1n) is 22.9. The minimum atomic E-state index is -0.358. The third kappa shape index (κ3) is 9.55. The van der Waals surface area contributed by atoms with E-state index < -0.39 is 0 Å². The van der Waals surface area contributed by atoms with E-state index in [9.17, 15) is 0 Å². The molecule has 0 nitrogen and oxygen atoms in total. The van der Waals surface area contributed by atoms with E-state index in [0.717, 1.165) is 0 Å². The average molecular weight is 803 g/mol. The number of fused-ring (bicyclic) bond motifs is 3. The van der Waals surface area contributed by atoms with E-state index in [1.165, 1.54) is 77.9 Å². The quantitative estimate of drug-likeness (QED) is 0.136. The van der Waals surface area contributed by atoms with E-state index in [1.807, 2.05) is 0 Å². The van der Waals surface area contributed by atoms with E-state index in [0.29, 0.717) is 35.5 Å². The van der Waals surface area contributed by atoms with Gasteiger partial charge in [0.15, 0.2) is 0 Å². The molecule has 0 fully saturated rings. The number of benzene rings is 7. The van der Waals surface area contributed by atoms with E-state index in [1.54, 1.807) is 0 Å². The van der Waals surface area contributed by atoms with Crippen LogP contribution in [0.4, 0.5) is 0 Å². The van der Waals surface area contributed by atoms with Crippen molar-refractivity contribution in [3.05, 3.63) is 225 Å². The van der Waals surface area contributed by atoms with Gasteiger partial charge in [-0.05, 0) is 119 Å². The van der Waals surface area contributed by atoms with Crippen LogP contribution >= 0.6 is 0 Å². The van der Waals surface area contributed by atoms with Crippen LogP contribution in [0, 0.1) is 0 Å². The molecule has 8 rings (SSSR count). The predicted molar refractivity (Wildman–Crippen MR) is 267 cm³/mol. The molecule has 0 heterocycles. The molecule has 1 aliphatic rings. The molecule has 1 aliphatic carbocycles. The van der Waals surface area contributed by atoms with Crippen LogP contribution in [0.2, 0.25) is 0 Å². The Morgan fingerprint density at radius 1 is 0.262 bits per heavy atom. The lowest BCUT2D eigenvalue weighted by atomic mass is 9.67. The lowest BCUT2D eigenvalue weighted by Gasteiger charge is -2.34. The lowest BCUT2D eigenvalue weighted by molar-refractivity contribution is 0.768. The molecule has 0 N–H and O–H groups in total. The maximum Gasteiger partial charge on any atom is 0.0713 e. The molecule has 7 aromatic carbocycles. The smallest absolute Gasteiger partial charge is 0.0622 e. The van der Waals surface area contributed by atoms with Crippen LogP contribution in [-0.2, 0) is 5.41 Å². The minimum absolute atomic E-state index is 0.358. The van der Waals surface area contributed by atoms with Gasteiger partial charge >= 0.3 is 0 Å². The van der Waals surface area contributed by atoms with Crippen LogP contribution in [0.15, 0.2) is 170 Å². The van der Waals surface area contributed by atoms with Crippen molar-refractivity contribution in [3.8, 4) is 22.3 Å². The fourth-order valence-corrected chi connectivity index (χ4v) is 9.53. The summed E-state index contributed by atoms with van der Waals surface area (Å²) in [6.07, 6.45) is 0. The first-order valence-corrected chi connectivity index (χ1v) is 22.9. The Bertz CT molecular complexity index is 2330. The van der Waals surface area contributed by atoms with Gasteiger partial charge in [-0.25, -0.2) is 0 Å². The van der Waals surface area contributed by atoms with E-state index in [4.69, 9.17) is 0 Å². The van der Waals surface area contributed by atoms with Gasteiger partial charge in [0.25, 0.3) is 0 Å². The van der Waals surface area contributed by atoms with E-state index >= 15 is 0 Å². The predicted octanol–water partition coefficient (Wildman–Crippen LogP) is 17.8. The zero-order valence-electron chi connectivity index (χ0n) is 39.1. The normalized spacial score (nSPS) is 12.6. The Labute approximate surface area is 370 Å². The SMILES string of the molecule is CC(C)c1ccc(-c2ccc3c(c2)C(c2ccccc2)(c2ccccc2)c2ccccc2-3)cc1C(C)C.CC(C)c1ccccc1C(C)C.CC(C)c1ccccc1C(C)C. The first-order chi connectivity index (χ1) is 29.3. The summed E-state index contributed by atoms with van der Waals surface area (Å²) < 4.78 is 0. The van der Waals surface area contributed by atoms with Gasteiger partial charge in [-0.1, -0.05) is 247 Å². The second kappa shape index (κ2) is 19.9. The molecule has 7 aromatic rings. The topological polar surface area (TPSA) is 0 Å². The molecule has 0 heteroatoms. The molecule has 314 valence electrons. The Kier molecular flexibility index (Phi) is 14.7. The lowest BCUT2D eigenvalue weighted by Crippen LogP contribution is -2.28. The molecular weight excluding hydrogens is 733 g/mol. The summed E-state index contributed by atoms with van der Waals surface area (Å²) in [4.78, 5) is 0. The number of rotatable bonds is 9. The van der Waals surface area contributed by atoms with Crippen LogP contribution in [-0.4, -0.2) is 0 Å². The summed E-state index contributed by atoms with van der Waals surface area (Å²) in [5.74, 6) is 3.58. The molecule has 0 spiro atoms. The Balaban J connectivity index is 0.000000211. The summed E-state index contributed by atoms with van der Waals surface area (Å²) >= 11 is 0. The van der Waals surface area contributed by atoms with Crippen molar-refractivity contribution in [2.45, 2.75) is 124 Å². The second-order valence-corrected chi connectivity index (χ2v) is 18.8. The van der Waals surface area contributed by atoms with Crippen molar-refractivity contribution < 1.29 is 0 Å². The van der Waals surface area contributed by atoms with Crippen molar-refractivity contribution in [2.75, 3.05) is 0 Å². The van der Waals surface area contributed by atoms with Gasteiger partial charge in [0, 0.05) is 0 Å². The van der Waals surface area contributed by atoms with Gasteiger partial charge in [0.1, 0.15) is 0 Å². The van der Waals surface area contributed by atoms with Crippen molar-refractivity contribution in [1.82, 2.24) is 0 Å². The molecule has 0 bridgehead atoms. The van der Waals surface area contributed by atoms with Gasteiger partial charge in [0.2, 0.25) is 0 Å². The van der Waals surface area contributed by atoms with Crippen molar-refractivity contribution in [3.63, 3.8) is 0 Å². The molecule has 0 unspecified atom stereocenters. The highest BCUT2D eigenvalue weighted by Gasteiger charge is 2.46. The monoisotopic (exact) mass is 803 g/mol. The maximum atomic E-state index is 2.46. The molecule has 0 atom stereocenters. The fourth-order valence-electron chi connectivity index (χ4n) is 9.53.